The molecular formula is C10H12N2O5. The van der Waals surface area contributed by atoms with Crippen molar-refractivity contribution in [3.63, 3.8) is 0 Å². The average molecular weight is 240 g/mol. The topological polar surface area (TPSA) is 116 Å². The fourth-order valence-corrected chi connectivity index (χ4v) is 1.26. The van der Waals surface area contributed by atoms with Crippen LogP contribution in [0.4, 0.5) is 5.69 Å². The minimum atomic E-state index is -0.947. The molecule has 0 aromatic heterocycles. The number of nitrogens with zero attached hydrogens (tertiary/aromatic N) is 1. The van der Waals surface area contributed by atoms with E-state index in [-0.39, 0.29) is 23.6 Å². The second-order valence-electron chi connectivity index (χ2n) is 3.41. The molecule has 0 saturated carbocycles. The van der Waals surface area contributed by atoms with Crippen LogP contribution < -0.4 is 10.5 Å². The molecule has 1 rings (SSSR count). The summed E-state index contributed by atoms with van der Waals surface area (Å²) in [5.41, 5.74) is 4.99. The quantitative estimate of drug-likeness (QED) is 0.574. The van der Waals surface area contributed by atoms with Gasteiger partial charge in [0.15, 0.2) is 6.61 Å². The summed E-state index contributed by atoms with van der Waals surface area (Å²) in [7, 11) is 0. The van der Waals surface area contributed by atoms with Crippen molar-refractivity contribution in [2.75, 3.05) is 6.61 Å². The minimum Gasteiger partial charge on any atom is -0.483 e. The van der Waals surface area contributed by atoms with Gasteiger partial charge in [0.1, 0.15) is 5.75 Å². The molecule has 0 aliphatic carbocycles. The summed E-state index contributed by atoms with van der Waals surface area (Å²) < 4.78 is 5.04. The molecule has 1 aromatic carbocycles. The number of rotatable bonds is 5. The highest BCUT2D eigenvalue weighted by molar-refractivity contribution is 5.75. The van der Waals surface area contributed by atoms with Crippen LogP contribution in [0.3, 0.4) is 0 Å². The summed E-state index contributed by atoms with van der Waals surface area (Å²) in [6, 6.07) is 3.74. The van der Waals surface area contributed by atoms with E-state index in [4.69, 9.17) is 10.5 Å². The second kappa shape index (κ2) is 5.26. The highest BCUT2D eigenvalue weighted by Crippen LogP contribution is 2.29. The van der Waals surface area contributed by atoms with Crippen LogP contribution in [0.5, 0.6) is 5.75 Å². The van der Waals surface area contributed by atoms with E-state index in [2.05, 4.69) is 0 Å². The van der Waals surface area contributed by atoms with E-state index in [1.807, 2.05) is 0 Å². The maximum Gasteiger partial charge on any atom is 0.270 e. The number of hydrogen-bond acceptors (Lipinski definition) is 5. The van der Waals surface area contributed by atoms with Gasteiger partial charge in [-0.2, -0.15) is 0 Å². The number of hydrogen-bond donors (Lipinski definition) is 2. The monoisotopic (exact) mass is 240 g/mol. The number of aliphatic hydroxyl groups is 1. The van der Waals surface area contributed by atoms with Crippen LogP contribution in [-0.4, -0.2) is 22.5 Å². The van der Waals surface area contributed by atoms with Gasteiger partial charge >= 0.3 is 0 Å². The Labute approximate surface area is 97.0 Å². The van der Waals surface area contributed by atoms with Crippen LogP contribution in [0.25, 0.3) is 0 Å². The Kier molecular flexibility index (Phi) is 4.00. The minimum absolute atomic E-state index is 0.160. The SMILES string of the molecule is C[C@@H](O)c1cc([N+](=O)[O-])ccc1OCC(N)=O. The van der Waals surface area contributed by atoms with Gasteiger partial charge in [-0.25, -0.2) is 0 Å². The number of carbonyl (C=O) groups excluding carboxylic acids is 1. The fraction of sp³-hybridized carbons (Fsp3) is 0.300. The van der Waals surface area contributed by atoms with Crippen molar-refractivity contribution in [1.82, 2.24) is 0 Å². The van der Waals surface area contributed by atoms with E-state index in [1.165, 1.54) is 25.1 Å². The van der Waals surface area contributed by atoms with Gasteiger partial charge in [-0.1, -0.05) is 0 Å². The predicted molar refractivity (Wildman–Crippen MR) is 58.4 cm³/mol. The lowest BCUT2D eigenvalue weighted by Crippen LogP contribution is -2.20. The largest absolute Gasteiger partial charge is 0.483 e. The van der Waals surface area contributed by atoms with Crippen LogP contribution in [0.1, 0.15) is 18.6 Å². The van der Waals surface area contributed by atoms with E-state index < -0.39 is 16.9 Å². The van der Waals surface area contributed by atoms with Crippen molar-refractivity contribution >= 4 is 11.6 Å². The first-order chi connectivity index (χ1) is 7.91. The van der Waals surface area contributed by atoms with Gasteiger partial charge in [-0.15, -0.1) is 0 Å². The lowest BCUT2D eigenvalue weighted by atomic mass is 10.1. The Morgan fingerprint density at radius 1 is 1.65 bits per heavy atom. The Bertz CT molecular complexity index is 444. The molecule has 0 saturated heterocycles. The van der Waals surface area contributed by atoms with E-state index >= 15 is 0 Å². The third kappa shape index (κ3) is 3.42. The van der Waals surface area contributed by atoms with E-state index in [0.29, 0.717) is 0 Å². The molecule has 0 aliphatic heterocycles. The van der Waals surface area contributed by atoms with Crippen LogP contribution >= 0.6 is 0 Å². The molecule has 0 aliphatic rings. The summed E-state index contributed by atoms with van der Waals surface area (Å²) >= 11 is 0. The van der Waals surface area contributed by atoms with Gasteiger partial charge < -0.3 is 15.6 Å². The molecule has 0 heterocycles. The van der Waals surface area contributed by atoms with Crippen LogP contribution in [0.2, 0.25) is 0 Å². The second-order valence-corrected chi connectivity index (χ2v) is 3.41. The van der Waals surface area contributed by atoms with Crippen molar-refractivity contribution < 1.29 is 19.6 Å². The lowest BCUT2D eigenvalue weighted by molar-refractivity contribution is -0.385. The Balaban J connectivity index is 3.04. The van der Waals surface area contributed by atoms with Crippen molar-refractivity contribution in [2.45, 2.75) is 13.0 Å². The summed E-state index contributed by atoms with van der Waals surface area (Å²) in [5.74, 6) is -0.468. The molecule has 7 heteroatoms. The predicted octanol–water partition coefficient (Wildman–Crippen LogP) is 0.512. The first-order valence-corrected chi connectivity index (χ1v) is 4.79. The Morgan fingerprint density at radius 2 is 2.29 bits per heavy atom. The van der Waals surface area contributed by atoms with E-state index in [1.54, 1.807) is 0 Å². The number of amides is 1. The molecule has 1 aromatic rings. The molecule has 0 unspecified atom stereocenters. The lowest BCUT2D eigenvalue weighted by Gasteiger charge is -2.12. The smallest absolute Gasteiger partial charge is 0.270 e. The van der Waals surface area contributed by atoms with Crippen LogP contribution in [0.15, 0.2) is 18.2 Å². The number of benzene rings is 1. The van der Waals surface area contributed by atoms with Crippen LogP contribution in [0, 0.1) is 10.1 Å². The average Bonchev–Trinajstić information content (AvgIpc) is 2.25. The van der Waals surface area contributed by atoms with Gasteiger partial charge in [-0.3, -0.25) is 14.9 Å². The molecule has 3 N–H and O–H groups in total. The molecule has 0 bridgehead atoms. The maximum atomic E-state index is 10.6. The highest BCUT2D eigenvalue weighted by Gasteiger charge is 2.15. The third-order valence-electron chi connectivity index (χ3n) is 2.02. The maximum absolute atomic E-state index is 10.6. The highest BCUT2D eigenvalue weighted by atomic mass is 16.6. The number of ether oxygens (including phenoxy) is 1. The third-order valence-corrected chi connectivity index (χ3v) is 2.02. The molecule has 0 radical (unpaired) electrons. The van der Waals surface area contributed by atoms with Crippen LogP contribution in [-0.2, 0) is 4.79 Å². The zero-order valence-corrected chi connectivity index (χ0v) is 9.12. The first kappa shape index (κ1) is 12.9. The molecule has 1 amide bonds. The molecule has 7 nitrogen and oxygen atoms in total. The van der Waals surface area contributed by atoms with Crippen molar-refractivity contribution in [3.8, 4) is 5.75 Å². The van der Waals surface area contributed by atoms with Gasteiger partial charge in [0.05, 0.1) is 11.0 Å². The van der Waals surface area contributed by atoms with Crippen molar-refractivity contribution in [3.05, 3.63) is 33.9 Å². The van der Waals surface area contributed by atoms with E-state index in [9.17, 15) is 20.0 Å². The van der Waals surface area contributed by atoms with E-state index in [0.717, 1.165) is 0 Å². The van der Waals surface area contributed by atoms with Crippen molar-refractivity contribution in [1.29, 1.82) is 0 Å². The zero-order chi connectivity index (χ0) is 13.0. The summed E-state index contributed by atoms with van der Waals surface area (Å²) in [6.45, 7) is 1.09. The number of aliphatic hydroxyl groups excluding tert-OH is 1. The molecule has 92 valence electrons. The van der Waals surface area contributed by atoms with Gasteiger partial charge in [0, 0.05) is 17.7 Å². The fourth-order valence-electron chi connectivity index (χ4n) is 1.26. The summed E-state index contributed by atoms with van der Waals surface area (Å²) in [5, 5.41) is 20.0. The first-order valence-electron chi connectivity index (χ1n) is 4.79. The number of primary amides is 1. The van der Waals surface area contributed by atoms with Gasteiger partial charge in [0.2, 0.25) is 0 Å². The Morgan fingerprint density at radius 3 is 2.76 bits per heavy atom. The number of nitro benzene ring substituents is 1. The number of nitrogens with two attached hydrogens (primary N) is 1. The number of non-ortho nitro benzene ring substituents is 1. The zero-order valence-electron chi connectivity index (χ0n) is 9.12. The molecule has 1 atom stereocenters. The van der Waals surface area contributed by atoms with Gasteiger partial charge in [-0.05, 0) is 13.0 Å². The molecular weight excluding hydrogens is 228 g/mol. The number of nitro groups is 1. The molecule has 17 heavy (non-hydrogen) atoms. The number of carbonyl (C=O) groups is 1. The summed E-state index contributed by atoms with van der Waals surface area (Å²) in [6.07, 6.45) is -0.947. The summed E-state index contributed by atoms with van der Waals surface area (Å²) in [4.78, 5) is 20.5. The standard InChI is InChI=1S/C10H12N2O5/c1-6(13)8-4-7(12(15)16)2-3-9(8)17-5-10(11)14/h2-4,6,13H,5H2,1H3,(H2,11,14)/t6-/m1/s1. The van der Waals surface area contributed by atoms with Gasteiger partial charge in [0.25, 0.3) is 11.6 Å². The normalized spacial score (nSPS) is 11.9. The Hall–Kier alpha value is -2.15. The molecule has 0 fully saturated rings. The van der Waals surface area contributed by atoms with Crippen molar-refractivity contribution in [2.24, 2.45) is 5.73 Å². The molecule has 0 spiro atoms.